The van der Waals surface area contributed by atoms with Gasteiger partial charge in [-0.2, -0.15) is 0 Å². The van der Waals surface area contributed by atoms with Crippen LogP contribution < -0.4 is 0 Å². The normalized spacial score (nSPS) is 12.5. The van der Waals surface area contributed by atoms with E-state index in [4.69, 9.17) is 0 Å². The summed E-state index contributed by atoms with van der Waals surface area (Å²) in [4.78, 5) is 0. The first kappa shape index (κ1) is 7.95. The zero-order valence-electron chi connectivity index (χ0n) is 5.34. The quantitative estimate of drug-likeness (QED) is 0.563. The molecule has 2 nitrogen and oxygen atoms in total. The van der Waals surface area contributed by atoms with E-state index >= 15 is 0 Å². The summed E-state index contributed by atoms with van der Waals surface area (Å²) in [5.74, 6) is 0. The van der Waals surface area contributed by atoms with Crippen molar-refractivity contribution in [3.8, 4) is 0 Å². The van der Waals surface area contributed by atoms with Crippen LogP contribution in [-0.4, -0.2) is 13.2 Å². The van der Waals surface area contributed by atoms with Crippen LogP contribution >= 0.6 is 0 Å². The Kier molecular flexibility index (Phi) is 2.47. The minimum absolute atomic E-state index is 0.630. The third-order valence-corrected chi connectivity index (χ3v) is 2.38. The summed E-state index contributed by atoms with van der Waals surface area (Å²) >= 11 is 0. The van der Waals surface area contributed by atoms with Gasteiger partial charge in [-0.25, -0.2) is 8.42 Å². The molecule has 1 radical (unpaired) electrons. The SMILES string of the molecule is C[CH]C(C)(C)[SH](=O)=O. The maximum Gasteiger partial charge on any atom is 0.145 e. The molecule has 0 aliphatic heterocycles. The van der Waals surface area contributed by atoms with Crippen molar-refractivity contribution in [2.24, 2.45) is 0 Å². The van der Waals surface area contributed by atoms with Crippen LogP contribution in [0.2, 0.25) is 0 Å². The van der Waals surface area contributed by atoms with Crippen molar-refractivity contribution in [2.75, 3.05) is 0 Å². The molecule has 0 unspecified atom stereocenters. The van der Waals surface area contributed by atoms with Crippen LogP contribution in [0, 0.1) is 6.42 Å². The molecule has 3 heteroatoms. The predicted octanol–water partition coefficient (Wildman–Crippen LogP) is 0.601. The molecular weight excluding hydrogens is 124 g/mol. The molecule has 0 heterocycles. The molecule has 49 valence electrons. The summed E-state index contributed by atoms with van der Waals surface area (Å²) in [6.07, 6.45) is 1.67. The molecule has 0 aromatic rings. The predicted molar refractivity (Wildman–Crippen MR) is 34.4 cm³/mol. The van der Waals surface area contributed by atoms with Crippen LogP contribution in [0.1, 0.15) is 20.8 Å². The minimum atomic E-state index is -2.30. The van der Waals surface area contributed by atoms with E-state index in [-0.39, 0.29) is 0 Å². The fourth-order valence-corrected chi connectivity index (χ4v) is 0.316. The molecule has 0 atom stereocenters. The third-order valence-electron chi connectivity index (χ3n) is 1.18. The lowest BCUT2D eigenvalue weighted by Crippen LogP contribution is -2.20. The van der Waals surface area contributed by atoms with Crippen LogP contribution in [0.5, 0.6) is 0 Å². The highest BCUT2D eigenvalue weighted by Crippen LogP contribution is 2.09. The fourth-order valence-electron chi connectivity index (χ4n) is 0.105. The van der Waals surface area contributed by atoms with Crippen molar-refractivity contribution in [3.63, 3.8) is 0 Å². The highest BCUT2D eigenvalue weighted by Gasteiger charge is 2.17. The second-order valence-corrected chi connectivity index (χ2v) is 3.87. The van der Waals surface area contributed by atoms with Gasteiger partial charge < -0.3 is 0 Å². The van der Waals surface area contributed by atoms with E-state index < -0.39 is 15.5 Å². The molecule has 0 aromatic heterocycles. The van der Waals surface area contributed by atoms with E-state index in [1.165, 1.54) is 0 Å². The number of rotatable bonds is 2. The Morgan fingerprint density at radius 1 is 1.38 bits per heavy atom. The van der Waals surface area contributed by atoms with E-state index in [2.05, 4.69) is 0 Å². The van der Waals surface area contributed by atoms with Gasteiger partial charge in [-0.1, -0.05) is 6.92 Å². The maximum absolute atomic E-state index is 10.3. The van der Waals surface area contributed by atoms with Crippen molar-refractivity contribution >= 4 is 10.7 Å². The summed E-state index contributed by atoms with van der Waals surface area (Å²) in [7, 11) is -2.30. The molecule has 0 fully saturated rings. The standard InChI is InChI=1S/C5H11O2S/c1-4-5(2,3)8(6)7/h4,8H,1-3H3. The number of hydrogen-bond acceptors (Lipinski definition) is 2. The average Bonchev–Trinajstić information content (AvgIpc) is 1.67. The molecule has 0 aliphatic carbocycles. The second kappa shape index (κ2) is 2.49. The van der Waals surface area contributed by atoms with Crippen molar-refractivity contribution in [3.05, 3.63) is 6.42 Å². The van der Waals surface area contributed by atoms with E-state index in [0.29, 0.717) is 0 Å². The Hall–Kier alpha value is -0.0500. The largest absolute Gasteiger partial charge is 0.231 e. The highest BCUT2D eigenvalue weighted by atomic mass is 32.2. The Morgan fingerprint density at radius 2 is 1.75 bits per heavy atom. The molecule has 0 saturated carbocycles. The third kappa shape index (κ3) is 1.82. The number of hydrogen-bond donors (Lipinski definition) is 1. The Morgan fingerprint density at radius 3 is 1.75 bits per heavy atom. The van der Waals surface area contributed by atoms with Gasteiger partial charge in [0.2, 0.25) is 0 Å². The lowest BCUT2D eigenvalue weighted by molar-refractivity contribution is 0.586. The van der Waals surface area contributed by atoms with Gasteiger partial charge >= 0.3 is 0 Å². The molecule has 0 N–H and O–H groups in total. The Balaban J connectivity index is 4.13. The van der Waals surface area contributed by atoms with Crippen LogP contribution in [0.15, 0.2) is 0 Å². The first-order valence-electron chi connectivity index (χ1n) is 2.45. The highest BCUT2D eigenvalue weighted by molar-refractivity contribution is 7.74. The van der Waals surface area contributed by atoms with E-state index in [1.807, 2.05) is 0 Å². The summed E-state index contributed by atoms with van der Waals surface area (Å²) < 4.78 is 19.9. The molecule has 0 aliphatic rings. The van der Waals surface area contributed by atoms with Crippen LogP contribution in [0.4, 0.5) is 0 Å². The van der Waals surface area contributed by atoms with Crippen molar-refractivity contribution in [1.82, 2.24) is 0 Å². The van der Waals surface area contributed by atoms with Gasteiger partial charge in [0.1, 0.15) is 10.7 Å². The minimum Gasteiger partial charge on any atom is -0.231 e. The molecule has 0 spiro atoms. The van der Waals surface area contributed by atoms with E-state index in [1.54, 1.807) is 27.2 Å². The first-order chi connectivity index (χ1) is 3.50. The van der Waals surface area contributed by atoms with Crippen LogP contribution in [0.25, 0.3) is 0 Å². The van der Waals surface area contributed by atoms with Gasteiger partial charge in [0.15, 0.2) is 0 Å². The van der Waals surface area contributed by atoms with Crippen LogP contribution in [0.3, 0.4) is 0 Å². The van der Waals surface area contributed by atoms with E-state index in [0.717, 1.165) is 0 Å². The molecule has 0 rings (SSSR count). The number of thiol groups is 1. The van der Waals surface area contributed by atoms with Crippen LogP contribution in [-0.2, 0) is 10.7 Å². The Labute approximate surface area is 51.9 Å². The summed E-state index contributed by atoms with van der Waals surface area (Å²) in [6.45, 7) is 5.07. The van der Waals surface area contributed by atoms with Crippen molar-refractivity contribution < 1.29 is 8.42 Å². The monoisotopic (exact) mass is 135 g/mol. The zero-order chi connectivity index (χ0) is 6.78. The van der Waals surface area contributed by atoms with Gasteiger partial charge in [-0.15, -0.1) is 0 Å². The molecular formula is C5H11O2S. The van der Waals surface area contributed by atoms with Gasteiger partial charge in [0, 0.05) is 0 Å². The first-order valence-corrected chi connectivity index (χ1v) is 3.63. The van der Waals surface area contributed by atoms with Gasteiger partial charge in [0.25, 0.3) is 0 Å². The zero-order valence-corrected chi connectivity index (χ0v) is 6.24. The van der Waals surface area contributed by atoms with E-state index in [9.17, 15) is 8.42 Å². The van der Waals surface area contributed by atoms with Crippen molar-refractivity contribution in [2.45, 2.75) is 25.5 Å². The lowest BCUT2D eigenvalue weighted by atomic mass is 10.1. The summed E-state index contributed by atoms with van der Waals surface area (Å²) in [6, 6.07) is 0. The molecule has 0 bridgehead atoms. The molecule has 0 saturated heterocycles. The smallest absolute Gasteiger partial charge is 0.145 e. The van der Waals surface area contributed by atoms with Gasteiger partial charge in [0.05, 0.1) is 4.75 Å². The van der Waals surface area contributed by atoms with Gasteiger partial charge in [-0.05, 0) is 20.3 Å². The summed E-state index contributed by atoms with van der Waals surface area (Å²) in [5, 5.41) is 0. The van der Waals surface area contributed by atoms with Gasteiger partial charge in [-0.3, -0.25) is 0 Å². The Bertz CT molecular complexity index is 127. The topological polar surface area (TPSA) is 34.1 Å². The van der Waals surface area contributed by atoms with Crippen molar-refractivity contribution in [1.29, 1.82) is 0 Å². The molecule has 8 heavy (non-hydrogen) atoms. The second-order valence-electron chi connectivity index (χ2n) is 2.20. The lowest BCUT2D eigenvalue weighted by Gasteiger charge is -2.11. The molecule has 0 amide bonds. The maximum atomic E-state index is 10.3. The average molecular weight is 135 g/mol. The fraction of sp³-hybridized carbons (Fsp3) is 0.800. The molecule has 0 aromatic carbocycles. The summed E-state index contributed by atoms with van der Waals surface area (Å²) in [5.41, 5.74) is 0.